The van der Waals surface area contributed by atoms with E-state index in [9.17, 15) is 40.7 Å². The number of ether oxygens (including phenoxy) is 5. The first-order valence-electron chi connectivity index (χ1n) is 13.1. The van der Waals surface area contributed by atoms with E-state index in [0.717, 1.165) is 0 Å². The van der Waals surface area contributed by atoms with Gasteiger partial charge in [0.15, 0.2) is 0 Å². The molecule has 2 unspecified atom stereocenters. The van der Waals surface area contributed by atoms with Gasteiger partial charge in [0.25, 0.3) is 0 Å². The van der Waals surface area contributed by atoms with Crippen molar-refractivity contribution in [3.05, 3.63) is 96.1 Å². The minimum absolute atomic E-state index is 0.307. The fourth-order valence-corrected chi connectivity index (χ4v) is 3.88. The van der Waals surface area contributed by atoms with E-state index >= 15 is 0 Å². The first-order valence-corrected chi connectivity index (χ1v) is 13.1. The first-order chi connectivity index (χ1) is 20.7. The smallest absolute Gasteiger partial charge is 0.428 e. The molecule has 0 saturated carbocycles. The van der Waals surface area contributed by atoms with Crippen LogP contribution in [0.25, 0.3) is 0 Å². The Kier molecular flexibility index (Phi) is 12.1. The van der Waals surface area contributed by atoms with Crippen molar-refractivity contribution in [1.82, 2.24) is 0 Å². The molecule has 2 aromatic carbocycles. The molecule has 0 aliphatic carbocycles. The van der Waals surface area contributed by atoms with Gasteiger partial charge in [-0.2, -0.15) is 26.3 Å². The molecule has 1 heterocycles. The summed E-state index contributed by atoms with van der Waals surface area (Å²) < 4.78 is 109. The second-order valence-corrected chi connectivity index (χ2v) is 9.54. The topological polar surface area (TPSA) is 97.4 Å². The van der Waals surface area contributed by atoms with Crippen LogP contribution >= 0.6 is 0 Å². The number of hydrogen-bond acceptors (Lipinski definition) is 8. The van der Waals surface area contributed by atoms with Crippen molar-refractivity contribution < 1.29 is 64.4 Å². The molecule has 2 aromatic rings. The summed E-state index contributed by atoms with van der Waals surface area (Å²) in [6, 6.07) is 15.8. The molecule has 3 rings (SSSR count). The maximum atomic E-state index is 14.1. The van der Waals surface area contributed by atoms with Crippen LogP contribution in [0.3, 0.4) is 0 Å². The van der Waals surface area contributed by atoms with Crippen LogP contribution in [0, 0.1) is 0 Å². The predicted molar refractivity (Wildman–Crippen MR) is 140 cm³/mol. The summed E-state index contributed by atoms with van der Waals surface area (Å²) in [6.45, 7) is 0.329. The van der Waals surface area contributed by atoms with Crippen molar-refractivity contribution >= 4 is 17.9 Å². The van der Waals surface area contributed by atoms with Gasteiger partial charge in [-0.1, -0.05) is 60.7 Å². The molecule has 0 amide bonds. The lowest BCUT2D eigenvalue weighted by molar-refractivity contribution is -0.244. The Hall–Kier alpha value is -4.17. The number of benzene rings is 2. The summed E-state index contributed by atoms with van der Waals surface area (Å²) in [4.78, 5) is 37.3. The molecule has 0 spiro atoms. The third-order valence-corrected chi connectivity index (χ3v) is 5.93. The lowest BCUT2D eigenvalue weighted by Crippen LogP contribution is -2.45. The molecular weight excluding hydrogens is 602 g/mol. The molecule has 5 atom stereocenters. The summed E-state index contributed by atoms with van der Waals surface area (Å²) in [5.41, 5.74) is 0.859. The molecule has 0 saturated heterocycles. The predicted octanol–water partition coefficient (Wildman–Crippen LogP) is 5.55. The van der Waals surface area contributed by atoms with Crippen molar-refractivity contribution in [2.24, 2.45) is 0 Å². The zero-order chi connectivity index (χ0) is 32.3. The van der Waals surface area contributed by atoms with Crippen LogP contribution in [0.4, 0.5) is 26.3 Å². The van der Waals surface area contributed by atoms with Crippen molar-refractivity contribution in [2.75, 3.05) is 0 Å². The molecule has 0 fully saturated rings. The minimum atomic E-state index is -5.25. The monoisotopic (exact) mass is 630 g/mol. The number of halogens is 6. The molecule has 0 aromatic heterocycles. The van der Waals surface area contributed by atoms with E-state index < -0.39 is 80.4 Å². The molecule has 0 radical (unpaired) electrons. The lowest BCUT2D eigenvalue weighted by Gasteiger charge is -2.28. The number of cyclic esters (lactones) is 3. The number of carbonyl (C=O) groups excluding carboxylic acids is 3. The van der Waals surface area contributed by atoms with Gasteiger partial charge in [0.05, 0.1) is 19.6 Å². The third-order valence-electron chi connectivity index (χ3n) is 5.93. The molecule has 0 bridgehead atoms. The zero-order valence-electron chi connectivity index (χ0n) is 23.1. The number of rotatable bonds is 6. The van der Waals surface area contributed by atoms with E-state index in [1.165, 1.54) is 19.1 Å². The van der Waals surface area contributed by atoms with Crippen LogP contribution in [0.5, 0.6) is 0 Å². The standard InChI is InChI=1S/C30H28F6O8/c1-19-16-26(39)44-28(30(34,35)36)23(41-18-21-10-6-3-7-11-21)13-15-25(38)43-27(29(31,32)33)22(12-14-24(37)42-19)40-17-20-8-4-2-5-9-20/h2-15,19,22-23,27-28H,16-18H2,1H3/b14-12+,15-13+/t19-,22+,23+,27?,28?/m0/s1. The molecule has 44 heavy (non-hydrogen) atoms. The molecule has 1 aliphatic heterocycles. The summed E-state index contributed by atoms with van der Waals surface area (Å²) in [5.74, 6) is -4.37. The Labute approximate surface area is 248 Å². The van der Waals surface area contributed by atoms with Crippen LogP contribution in [-0.4, -0.2) is 60.8 Å². The molecule has 0 N–H and O–H groups in total. The van der Waals surface area contributed by atoms with Crippen LogP contribution in [-0.2, 0) is 51.3 Å². The fraction of sp³-hybridized carbons (Fsp3) is 0.367. The van der Waals surface area contributed by atoms with Crippen LogP contribution < -0.4 is 0 Å². The quantitative estimate of drug-likeness (QED) is 0.233. The van der Waals surface area contributed by atoms with E-state index in [4.69, 9.17) is 14.2 Å². The first kappa shape index (κ1) is 34.3. The van der Waals surface area contributed by atoms with Crippen LogP contribution in [0.1, 0.15) is 24.5 Å². The summed E-state index contributed by atoms with van der Waals surface area (Å²) >= 11 is 0. The maximum absolute atomic E-state index is 14.1. The van der Waals surface area contributed by atoms with E-state index in [1.54, 1.807) is 48.5 Å². The Bertz CT molecular complexity index is 1290. The van der Waals surface area contributed by atoms with Gasteiger partial charge in [-0.3, -0.25) is 4.79 Å². The van der Waals surface area contributed by atoms with Crippen molar-refractivity contribution in [1.29, 1.82) is 0 Å². The second-order valence-electron chi connectivity index (χ2n) is 9.54. The Morgan fingerprint density at radius 2 is 1.07 bits per heavy atom. The van der Waals surface area contributed by atoms with Gasteiger partial charge in [0.2, 0.25) is 12.2 Å². The largest absolute Gasteiger partial charge is 0.459 e. The molecule has 1 aliphatic rings. The van der Waals surface area contributed by atoms with E-state index in [2.05, 4.69) is 9.47 Å². The Morgan fingerprint density at radius 1 is 0.659 bits per heavy atom. The maximum Gasteiger partial charge on any atom is 0.428 e. The average molecular weight is 631 g/mol. The normalized spacial score (nSPS) is 25.8. The summed E-state index contributed by atoms with van der Waals surface area (Å²) in [7, 11) is 0. The number of hydrogen-bond donors (Lipinski definition) is 0. The van der Waals surface area contributed by atoms with Gasteiger partial charge < -0.3 is 23.7 Å². The van der Waals surface area contributed by atoms with E-state index in [1.807, 2.05) is 0 Å². The zero-order valence-corrected chi connectivity index (χ0v) is 23.1. The van der Waals surface area contributed by atoms with Crippen molar-refractivity contribution in [3.63, 3.8) is 0 Å². The number of alkyl halides is 6. The van der Waals surface area contributed by atoms with Gasteiger partial charge in [-0.05, 0) is 30.2 Å². The minimum Gasteiger partial charge on any atom is -0.459 e. The van der Waals surface area contributed by atoms with Crippen LogP contribution in [0.2, 0.25) is 0 Å². The van der Waals surface area contributed by atoms with Crippen molar-refractivity contribution in [2.45, 2.75) is 69.4 Å². The van der Waals surface area contributed by atoms with Gasteiger partial charge in [-0.15, -0.1) is 0 Å². The number of carbonyl (C=O) groups is 3. The summed E-state index contributed by atoms with van der Waals surface area (Å²) in [5, 5.41) is 0. The van der Waals surface area contributed by atoms with E-state index in [-0.39, 0.29) is 0 Å². The van der Waals surface area contributed by atoms with Gasteiger partial charge in [0.1, 0.15) is 18.3 Å². The summed E-state index contributed by atoms with van der Waals surface area (Å²) in [6.07, 6.45) is -20.9. The second kappa shape index (κ2) is 15.5. The lowest BCUT2D eigenvalue weighted by atomic mass is 10.1. The highest BCUT2D eigenvalue weighted by Crippen LogP contribution is 2.31. The van der Waals surface area contributed by atoms with Crippen molar-refractivity contribution in [3.8, 4) is 0 Å². The van der Waals surface area contributed by atoms with Gasteiger partial charge in [-0.25, -0.2) is 9.59 Å². The molecule has 238 valence electrons. The Morgan fingerprint density at radius 3 is 1.50 bits per heavy atom. The molecule has 14 heteroatoms. The van der Waals surface area contributed by atoms with Gasteiger partial charge >= 0.3 is 30.3 Å². The fourth-order valence-electron chi connectivity index (χ4n) is 3.88. The third kappa shape index (κ3) is 11.2. The Balaban J connectivity index is 1.98. The van der Waals surface area contributed by atoms with Crippen LogP contribution in [0.15, 0.2) is 85.0 Å². The highest BCUT2D eigenvalue weighted by atomic mass is 19.4. The highest BCUT2D eigenvalue weighted by molar-refractivity contribution is 5.83. The SMILES string of the molecule is C[C@H]1CC(=O)OC(C(F)(F)F)[C@H](OCc2ccccc2)/C=C/C(=O)OC(C(F)(F)F)[C@H](OCc2ccccc2)/C=C/C(=O)O1. The van der Waals surface area contributed by atoms with Gasteiger partial charge in [0, 0.05) is 12.2 Å². The average Bonchev–Trinajstić information content (AvgIpc) is 2.95. The highest BCUT2D eigenvalue weighted by Gasteiger charge is 2.49. The van der Waals surface area contributed by atoms with E-state index in [0.29, 0.717) is 35.4 Å². The molecule has 8 nitrogen and oxygen atoms in total. The number of esters is 3. The molecular formula is C30H28F6O8.